The minimum Gasteiger partial charge on any atom is -0.390 e. The summed E-state index contributed by atoms with van der Waals surface area (Å²) in [5.41, 5.74) is -0.666. The maximum absolute atomic E-state index is 11.3. The molecule has 0 aromatic rings. The third kappa shape index (κ3) is 2.25. The van der Waals surface area contributed by atoms with E-state index in [4.69, 9.17) is 0 Å². The third-order valence-electron chi connectivity index (χ3n) is 3.47. The summed E-state index contributed by atoms with van der Waals surface area (Å²) in [5.74, 6) is -0.114. The molecule has 2 fully saturated rings. The van der Waals surface area contributed by atoms with Crippen LogP contribution >= 0.6 is 0 Å². The second kappa shape index (κ2) is 3.94. The summed E-state index contributed by atoms with van der Waals surface area (Å²) in [5, 5.41) is 19.6. The van der Waals surface area contributed by atoms with E-state index < -0.39 is 21.5 Å². The Balaban J connectivity index is 1.93. The maximum atomic E-state index is 11.3. The van der Waals surface area contributed by atoms with Crippen molar-refractivity contribution in [3.63, 3.8) is 0 Å². The van der Waals surface area contributed by atoms with E-state index in [1.165, 1.54) is 0 Å². The van der Waals surface area contributed by atoms with Gasteiger partial charge in [0.2, 0.25) is 0 Å². The normalized spacial score (nSPS) is 37.2. The monoisotopic (exact) mass is 249 g/mol. The molecule has 94 valence electrons. The van der Waals surface area contributed by atoms with Gasteiger partial charge in [0, 0.05) is 13.1 Å². The molecule has 0 aromatic heterocycles. The van der Waals surface area contributed by atoms with Crippen LogP contribution in [0.4, 0.5) is 0 Å². The van der Waals surface area contributed by atoms with Crippen LogP contribution in [0.25, 0.3) is 0 Å². The van der Waals surface area contributed by atoms with Gasteiger partial charge in [-0.3, -0.25) is 4.90 Å². The van der Waals surface area contributed by atoms with Gasteiger partial charge in [0.15, 0.2) is 9.84 Å². The summed E-state index contributed by atoms with van der Waals surface area (Å²) in [6, 6.07) is -0.317. The molecule has 0 radical (unpaired) electrons. The predicted octanol–water partition coefficient (Wildman–Crippen LogP) is -1.01. The molecule has 0 aliphatic carbocycles. The molecule has 2 atom stereocenters. The van der Waals surface area contributed by atoms with E-state index in [-0.39, 0.29) is 17.5 Å². The van der Waals surface area contributed by atoms with E-state index in [9.17, 15) is 18.6 Å². The summed E-state index contributed by atoms with van der Waals surface area (Å²) in [4.78, 5) is 1.88. The fraction of sp³-hybridized carbons (Fsp3) is 1.00. The van der Waals surface area contributed by atoms with E-state index in [0.29, 0.717) is 13.1 Å². The highest BCUT2D eigenvalue weighted by atomic mass is 32.2. The van der Waals surface area contributed by atoms with Crippen LogP contribution in [0.5, 0.6) is 0 Å². The van der Waals surface area contributed by atoms with Gasteiger partial charge < -0.3 is 10.2 Å². The van der Waals surface area contributed by atoms with Crippen molar-refractivity contribution in [1.82, 2.24) is 4.90 Å². The first-order chi connectivity index (χ1) is 7.35. The number of β-amino-alcohol motifs (C(OH)–C–C–N with tert-alkyl or cyclic N) is 1. The number of hydrogen-bond donors (Lipinski definition) is 2. The minimum absolute atomic E-state index is 0.0242. The van der Waals surface area contributed by atoms with Crippen LogP contribution in [-0.2, 0) is 9.84 Å². The number of rotatable bonds is 3. The van der Waals surface area contributed by atoms with Crippen molar-refractivity contribution in [3.05, 3.63) is 0 Å². The fourth-order valence-corrected chi connectivity index (χ4v) is 4.56. The molecule has 16 heavy (non-hydrogen) atoms. The molecule has 2 unspecified atom stereocenters. The van der Waals surface area contributed by atoms with Crippen LogP contribution in [0.2, 0.25) is 0 Å². The van der Waals surface area contributed by atoms with Crippen LogP contribution in [0, 0.1) is 0 Å². The largest absolute Gasteiger partial charge is 0.390 e. The van der Waals surface area contributed by atoms with Gasteiger partial charge in [0.05, 0.1) is 29.3 Å². The van der Waals surface area contributed by atoms with Gasteiger partial charge in [-0.25, -0.2) is 8.42 Å². The van der Waals surface area contributed by atoms with Crippen molar-refractivity contribution < 1.29 is 18.6 Å². The number of aliphatic hydroxyl groups excluding tert-OH is 1. The number of nitrogens with zero attached hydrogens (tertiary/aromatic N) is 1. The van der Waals surface area contributed by atoms with Crippen molar-refractivity contribution >= 4 is 9.84 Å². The highest BCUT2D eigenvalue weighted by Gasteiger charge is 2.49. The lowest BCUT2D eigenvalue weighted by atomic mass is 9.87. The molecule has 2 aliphatic heterocycles. The van der Waals surface area contributed by atoms with Gasteiger partial charge in [0.25, 0.3) is 0 Å². The Hall–Kier alpha value is -0.170. The minimum atomic E-state index is -3.09. The van der Waals surface area contributed by atoms with Gasteiger partial charge in [-0.1, -0.05) is 13.3 Å². The topological polar surface area (TPSA) is 77.8 Å². The van der Waals surface area contributed by atoms with Gasteiger partial charge >= 0.3 is 0 Å². The van der Waals surface area contributed by atoms with Crippen molar-refractivity contribution in [2.24, 2.45) is 0 Å². The smallest absolute Gasteiger partial charge is 0.154 e. The Morgan fingerprint density at radius 2 is 2.00 bits per heavy atom. The average molecular weight is 249 g/mol. The van der Waals surface area contributed by atoms with E-state index in [1.807, 2.05) is 11.8 Å². The first-order valence-corrected chi connectivity index (χ1v) is 7.52. The number of likely N-dealkylation sites (tertiary alicyclic amines) is 1. The second-order valence-electron chi connectivity index (χ2n) is 5.09. The summed E-state index contributed by atoms with van der Waals surface area (Å²) in [6.07, 6.45) is 0.853. The maximum Gasteiger partial charge on any atom is 0.154 e. The molecule has 0 amide bonds. The summed E-state index contributed by atoms with van der Waals surface area (Å²) in [6.45, 7) is 2.98. The molecular formula is C10H19NO4S. The molecular weight excluding hydrogens is 230 g/mol. The zero-order valence-corrected chi connectivity index (χ0v) is 10.3. The first kappa shape index (κ1) is 12.3. The van der Waals surface area contributed by atoms with E-state index >= 15 is 0 Å². The molecule has 2 aliphatic rings. The van der Waals surface area contributed by atoms with Crippen molar-refractivity contribution in [2.75, 3.05) is 24.6 Å². The predicted molar refractivity (Wildman–Crippen MR) is 59.9 cm³/mol. The Labute approximate surface area is 96.0 Å². The molecule has 2 rings (SSSR count). The second-order valence-corrected chi connectivity index (χ2v) is 7.24. The summed E-state index contributed by atoms with van der Waals surface area (Å²) >= 11 is 0. The van der Waals surface area contributed by atoms with Gasteiger partial charge in [-0.05, 0) is 6.42 Å². The Bertz CT molecular complexity index is 361. The molecule has 6 heteroatoms. The number of hydrogen-bond acceptors (Lipinski definition) is 5. The van der Waals surface area contributed by atoms with Crippen molar-refractivity contribution in [3.8, 4) is 0 Å². The molecule has 0 saturated carbocycles. The SMILES string of the molecule is CCCC1(O)CN(C2CS(=O)(=O)CC2O)C1. The van der Waals surface area contributed by atoms with Gasteiger partial charge in [0.1, 0.15) is 0 Å². The molecule has 0 aromatic carbocycles. The Morgan fingerprint density at radius 1 is 1.38 bits per heavy atom. The quantitative estimate of drug-likeness (QED) is 0.670. The Kier molecular flexibility index (Phi) is 3.03. The van der Waals surface area contributed by atoms with E-state index in [2.05, 4.69) is 0 Å². The van der Waals surface area contributed by atoms with Crippen LogP contribution in [0.15, 0.2) is 0 Å². The van der Waals surface area contributed by atoms with E-state index in [1.54, 1.807) is 0 Å². The first-order valence-electron chi connectivity index (χ1n) is 5.70. The van der Waals surface area contributed by atoms with Crippen molar-refractivity contribution in [2.45, 2.75) is 37.5 Å². The van der Waals surface area contributed by atoms with Gasteiger partial charge in [-0.2, -0.15) is 0 Å². The molecule has 5 nitrogen and oxygen atoms in total. The van der Waals surface area contributed by atoms with Crippen LogP contribution in [0.3, 0.4) is 0 Å². The van der Waals surface area contributed by atoms with Gasteiger partial charge in [-0.15, -0.1) is 0 Å². The van der Waals surface area contributed by atoms with Crippen LogP contribution in [0.1, 0.15) is 19.8 Å². The Morgan fingerprint density at radius 3 is 2.44 bits per heavy atom. The number of sulfone groups is 1. The van der Waals surface area contributed by atoms with Crippen LogP contribution < -0.4 is 0 Å². The summed E-state index contributed by atoms with van der Waals surface area (Å²) in [7, 11) is -3.09. The molecule has 2 N–H and O–H groups in total. The highest BCUT2D eigenvalue weighted by molar-refractivity contribution is 7.91. The van der Waals surface area contributed by atoms with E-state index in [0.717, 1.165) is 12.8 Å². The highest BCUT2D eigenvalue weighted by Crippen LogP contribution is 2.31. The zero-order chi connectivity index (χ0) is 12.0. The molecule has 2 saturated heterocycles. The van der Waals surface area contributed by atoms with Crippen molar-refractivity contribution in [1.29, 1.82) is 0 Å². The average Bonchev–Trinajstić information content (AvgIpc) is 2.35. The summed E-state index contributed by atoms with van der Waals surface area (Å²) < 4.78 is 22.7. The van der Waals surface area contributed by atoms with Crippen LogP contribution in [-0.4, -0.2) is 65.9 Å². The molecule has 0 bridgehead atoms. The number of aliphatic hydroxyl groups is 2. The lowest BCUT2D eigenvalue weighted by molar-refractivity contribution is -0.128. The zero-order valence-electron chi connectivity index (χ0n) is 9.46. The fourth-order valence-electron chi connectivity index (χ4n) is 2.73. The third-order valence-corrected chi connectivity index (χ3v) is 5.17. The standard InChI is InChI=1S/C10H19NO4S/c1-2-3-10(13)6-11(7-10)8-4-16(14,15)5-9(8)12/h8-9,12-13H,2-7H2,1H3. The molecule has 2 heterocycles. The lowest BCUT2D eigenvalue weighted by Gasteiger charge is -2.49. The lowest BCUT2D eigenvalue weighted by Crippen LogP contribution is -2.66. The molecule has 0 spiro atoms.